The Labute approximate surface area is 101 Å². The summed E-state index contributed by atoms with van der Waals surface area (Å²) in [5, 5.41) is 2.85. The van der Waals surface area contributed by atoms with E-state index in [1.54, 1.807) is 12.1 Å². The number of hydrogen-bond donors (Lipinski definition) is 1. The molecule has 0 aliphatic carbocycles. The number of ether oxygens (including phenoxy) is 1. The molecule has 1 amide bonds. The molecule has 0 heterocycles. The first-order valence-corrected chi connectivity index (χ1v) is 5.79. The average Bonchev–Trinajstić information content (AvgIpc) is 2.31. The van der Waals surface area contributed by atoms with E-state index < -0.39 is 0 Å². The van der Waals surface area contributed by atoms with Gasteiger partial charge in [-0.25, -0.2) is 4.39 Å². The van der Waals surface area contributed by atoms with E-state index >= 15 is 0 Å². The fourth-order valence-electron chi connectivity index (χ4n) is 1.24. The van der Waals surface area contributed by atoms with E-state index in [4.69, 9.17) is 4.74 Å². The third-order valence-corrected chi connectivity index (χ3v) is 2.43. The predicted octanol–water partition coefficient (Wildman–Crippen LogP) is 2.51. The highest BCUT2D eigenvalue weighted by Gasteiger charge is 2.05. The van der Waals surface area contributed by atoms with E-state index in [9.17, 15) is 9.18 Å². The van der Waals surface area contributed by atoms with Gasteiger partial charge in [-0.1, -0.05) is 6.92 Å². The normalized spacial score (nSPS) is 11.9. The van der Waals surface area contributed by atoms with Crippen molar-refractivity contribution in [1.82, 2.24) is 5.32 Å². The molecular formula is C13H18FNO2. The van der Waals surface area contributed by atoms with Crippen molar-refractivity contribution in [2.75, 3.05) is 6.61 Å². The van der Waals surface area contributed by atoms with Crippen LogP contribution in [0.1, 0.15) is 26.7 Å². The van der Waals surface area contributed by atoms with Crippen LogP contribution < -0.4 is 10.1 Å². The summed E-state index contributed by atoms with van der Waals surface area (Å²) in [6, 6.07) is 5.93. The monoisotopic (exact) mass is 239 g/mol. The van der Waals surface area contributed by atoms with Crippen LogP contribution in [-0.2, 0) is 4.79 Å². The summed E-state index contributed by atoms with van der Waals surface area (Å²) >= 11 is 0. The van der Waals surface area contributed by atoms with Gasteiger partial charge < -0.3 is 10.1 Å². The summed E-state index contributed by atoms with van der Waals surface area (Å²) in [7, 11) is 0. The number of benzene rings is 1. The summed E-state index contributed by atoms with van der Waals surface area (Å²) in [6.45, 7) is 4.27. The lowest BCUT2D eigenvalue weighted by atomic mass is 10.2. The zero-order chi connectivity index (χ0) is 12.7. The summed E-state index contributed by atoms with van der Waals surface area (Å²) in [6.07, 6.45) is 1.21. The summed E-state index contributed by atoms with van der Waals surface area (Å²) in [5.41, 5.74) is 0. The maximum atomic E-state index is 12.6. The van der Waals surface area contributed by atoms with Crippen molar-refractivity contribution in [3.8, 4) is 5.75 Å². The zero-order valence-electron chi connectivity index (χ0n) is 10.2. The standard InChI is InChI=1S/C13H18FNO2/c1-3-10(2)15-13(16)8-9-17-12-6-4-11(14)5-7-12/h4-7,10H,3,8-9H2,1-2H3,(H,15,16)/t10-/m0/s1. The van der Waals surface area contributed by atoms with Gasteiger partial charge in [-0.2, -0.15) is 0 Å². The van der Waals surface area contributed by atoms with Gasteiger partial charge in [0.25, 0.3) is 0 Å². The zero-order valence-corrected chi connectivity index (χ0v) is 10.2. The lowest BCUT2D eigenvalue weighted by Crippen LogP contribution is -2.32. The van der Waals surface area contributed by atoms with E-state index in [1.807, 2.05) is 13.8 Å². The van der Waals surface area contributed by atoms with Crippen molar-refractivity contribution >= 4 is 5.91 Å². The van der Waals surface area contributed by atoms with E-state index in [0.29, 0.717) is 18.8 Å². The van der Waals surface area contributed by atoms with Crippen LogP contribution in [0.3, 0.4) is 0 Å². The molecule has 3 nitrogen and oxygen atoms in total. The minimum absolute atomic E-state index is 0.0264. The van der Waals surface area contributed by atoms with Crippen LogP contribution in [0.25, 0.3) is 0 Å². The molecule has 1 N–H and O–H groups in total. The highest BCUT2D eigenvalue weighted by Crippen LogP contribution is 2.11. The topological polar surface area (TPSA) is 38.3 Å². The van der Waals surface area contributed by atoms with Crippen molar-refractivity contribution in [1.29, 1.82) is 0 Å². The lowest BCUT2D eigenvalue weighted by Gasteiger charge is -2.11. The molecule has 0 aromatic heterocycles. The number of halogens is 1. The van der Waals surface area contributed by atoms with Crippen molar-refractivity contribution in [2.45, 2.75) is 32.7 Å². The van der Waals surface area contributed by atoms with Crippen molar-refractivity contribution in [2.24, 2.45) is 0 Å². The Morgan fingerprint density at radius 3 is 2.65 bits per heavy atom. The minimum atomic E-state index is -0.299. The first kappa shape index (κ1) is 13.5. The van der Waals surface area contributed by atoms with Crippen LogP contribution in [0.4, 0.5) is 4.39 Å². The molecule has 0 radical (unpaired) electrons. The summed E-state index contributed by atoms with van der Waals surface area (Å²) < 4.78 is 17.9. The highest BCUT2D eigenvalue weighted by molar-refractivity contribution is 5.76. The molecule has 94 valence electrons. The van der Waals surface area contributed by atoms with Gasteiger partial charge in [-0.15, -0.1) is 0 Å². The third-order valence-electron chi connectivity index (χ3n) is 2.43. The van der Waals surface area contributed by atoms with Gasteiger partial charge in [0.1, 0.15) is 11.6 Å². The maximum absolute atomic E-state index is 12.6. The molecule has 1 rings (SSSR count). The van der Waals surface area contributed by atoms with Gasteiger partial charge in [-0.05, 0) is 37.6 Å². The smallest absolute Gasteiger partial charge is 0.223 e. The lowest BCUT2D eigenvalue weighted by molar-refractivity contribution is -0.122. The van der Waals surface area contributed by atoms with E-state index in [2.05, 4.69) is 5.32 Å². The molecule has 0 saturated heterocycles. The molecule has 0 bridgehead atoms. The van der Waals surface area contributed by atoms with Crippen LogP contribution in [0.15, 0.2) is 24.3 Å². The second-order valence-corrected chi connectivity index (χ2v) is 3.93. The van der Waals surface area contributed by atoms with E-state index in [-0.39, 0.29) is 17.8 Å². The number of carbonyl (C=O) groups is 1. The molecule has 1 aromatic carbocycles. The molecule has 0 aliphatic heterocycles. The van der Waals surface area contributed by atoms with Gasteiger partial charge in [0.15, 0.2) is 0 Å². The SMILES string of the molecule is CC[C@H](C)NC(=O)CCOc1ccc(F)cc1. The van der Waals surface area contributed by atoms with Crippen LogP contribution in [-0.4, -0.2) is 18.6 Å². The van der Waals surface area contributed by atoms with Gasteiger partial charge in [0.2, 0.25) is 5.91 Å². The second kappa shape index (κ2) is 6.89. The van der Waals surface area contributed by atoms with Gasteiger partial charge >= 0.3 is 0 Å². The van der Waals surface area contributed by atoms with Crippen molar-refractivity contribution < 1.29 is 13.9 Å². The molecule has 0 fully saturated rings. The molecular weight excluding hydrogens is 221 g/mol. The number of amides is 1. The van der Waals surface area contributed by atoms with E-state index in [1.165, 1.54) is 12.1 Å². The predicted molar refractivity (Wildman–Crippen MR) is 64.4 cm³/mol. The van der Waals surface area contributed by atoms with Crippen LogP contribution >= 0.6 is 0 Å². The Hall–Kier alpha value is -1.58. The third kappa shape index (κ3) is 5.33. The first-order chi connectivity index (χ1) is 8.11. The van der Waals surface area contributed by atoms with Gasteiger partial charge in [0.05, 0.1) is 13.0 Å². The van der Waals surface area contributed by atoms with Crippen LogP contribution in [0, 0.1) is 5.82 Å². The second-order valence-electron chi connectivity index (χ2n) is 3.93. The van der Waals surface area contributed by atoms with Crippen LogP contribution in [0.5, 0.6) is 5.75 Å². The van der Waals surface area contributed by atoms with Crippen molar-refractivity contribution in [3.63, 3.8) is 0 Å². The summed E-state index contributed by atoms with van der Waals surface area (Å²) in [5.74, 6) is 0.246. The van der Waals surface area contributed by atoms with Gasteiger partial charge in [-0.3, -0.25) is 4.79 Å². The minimum Gasteiger partial charge on any atom is -0.493 e. The molecule has 1 atom stereocenters. The first-order valence-electron chi connectivity index (χ1n) is 5.79. The Morgan fingerprint density at radius 2 is 2.06 bits per heavy atom. The maximum Gasteiger partial charge on any atom is 0.223 e. The Kier molecular flexibility index (Phi) is 5.46. The summed E-state index contributed by atoms with van der Waals surface area (Å²) in [4.78, 5) is 11.4. The molecule has 0 unspecified atom stereocenters. The number of carbonyl (C=O) groups excluding carboxylic acids is 1. The van der Waals surface area contributed by atoms with E-state index in [0.717, 1.165) is 6.42 Å². The van der Waals surface area contributed by atoms with Gasteiger partial charge in [0, 0.05) is 6.04 Å². The fourth-order valence-corrected chi connectivity index (χ4v) is 1.24. The molecule has 0 aliphatic rings. The largest absolute Gasteiger partial charge is 0.493 e. The molecule has 0 saturated carbocycles. The van der Waals surface area contributed by atoms with Crippen molar-refractivity contribution in [3.05, 3.63) is 30.1 Å². The molecule has 1 aromatic rings. The molecule has 0 spiro atoms. The Balaban J connectivity index is 2.23. The number of rotatable bonds is 6. The number of hydrogen-bond acceptors (Lipinski definition) is 2. The molecule has 4 heteroatoms. The average molecular weight is 239 g/mol. The fraction of sp³-hybridized carbons (Fsp3) is 0.462. The number of nitrogens with one attached hydrogen (secondary N) is 1. The highest BCUT2D eigenvalue weighted by atomic mass is 19.1. The quantitative estimate of drug-likeness (QED) is 0.828. The van der Waals surface area contributed by atoms with Crippen LogP contribution in [0.2, 0.25) is 0 Å². The Morgan fingerprint density at radius 1 is 1.41 bits per heavy atom. The Bertz CT molecular complexity index is 351. The molecule has 17 heavy (non-hydrogen) atoms.